The summed E-state index contributed by atoms with van der Waals surface area (Å²) in [5.74, 6) is -0.0687. The highest BCUT2D eigenvalue weighted by Gasteiger charge is 2.09. The van der Waals surface area contributed by atoms with Gasteiger partial charge in [-0.05, 0) is 48.4 Å². The second-order valence-corrected chi connectivity index (χ2v) is 5.32. The minimum Gasteiger partial charge on any atom is -0.508 e. The number of thiocarbonyl (C=S) groups is 1. The molecule has 4 nitrogen and oxygen atoms in total. The molecule has 0 bridgehead atoms. The van der Waals surface area contributed by atoms with E-state index < -0.39 is 0 Å². The van der Waals surface area contributed by atoms with Gasteiger partial charge in [0, 0.05) is 17.7 Å². The number of hydrogen-bond acceptors (Lipinski definition) is 3. The van der Waals surface area contributed by atoms with Gasteiger partial charge in [-0.1, -0.05) is 24.4 Å². The fourth-order valence-electron chi connectivity index (χ4n) is 2.01. The number of aryl methyl sites for hydroxylation is 1. The predicted molar refractivity (Wildman–Crippen MR) is 87.7 cm³/mol. The van der Waals surface area contributed by atoms with Crippen molar-refractivity contribution in [2.24, 2.45) is 5.73 Å². The van der Waals surface area contributed by atoms with Crippen molar-refractivity contribution in [1.82, 2.24) is 0 Å². The topological polar surface area (TPSA) is 75.3 Å². The van der Waals surface area contributed by atoms with Crippen LogP contribution in [0.5, 0.6) is 5.75 Å². The van der Waals surface area contributed by atoms with Crippen LogP contribution in [0.15, 0.2) is 42.5 Å². The van der Waals surface area contributed by atoms with E-state index in [0.29, 0.717) is 22.7 Å². The van der Waals surface area contributed by atoms with Crippen LogP contribution in [-0.2, 0) is 6.42 Å². The van der Waals surface area contributed by atoms with Gasteiger partial charge in [-0.3, -0.25) is 4.79 Å². The molecule has 0 radical (unpaired) electrons. The van der Waals surface area contributed by atoms with Gasteiger partial charge in [-0.2, -0.15) is 0 Å². The molecule has 0 unspecified atom stereocenters. The maximum Gasteiger partial charge on any atom is 0.255 e. The molecule has 0 aliphatic rings. The average molecular weight is 300 g/mol. The van der Waals surface area contributed by atoms with Crippen molar-refractivity contribution in [2.45, 2.75) is 13.3 Å². The SMILES string of the molecule is Cc1cc(O)ccc1C(=O)Nc1ccc(CC(N)=S)cc1. The molecule has 2 aromatic rings. The third-order valence-corrected chi connectivity index (χ3v) is 3.19. The number of anilines is 1. The van der Waals surface area contributed by atoms with Crippen LogP contribution >= 0.6 is 12.2 Å². The number of nitrogens with two attached hydrogens (primary N) is 1. The molecule has 0 aliphatic heterocycles. The summed E-state index contributed by atoms with van der Waals surface area (Å²) in [5.41, 5.74) is 8.43. The Bertz CT molecular complexity index is 681. The fraction of sp³-hybridized carbons (Fsp3) is 0.125. The van der Waals surface area contributed by atoms with Gasteiger partial charge in [0.15, 0.2) is 0 Å². The van der Waals surface area contributed by atoms with E-state index in [1.54, 1.807) is 31.2 Å². The first-order valence-electron chi connectivity index (χ1n) is 6.44. The Balaban J connectivity index is 2.10. The van der Waals surface area contributed by atoms with Gasteiger partial charge in [0.2, 0.25) is 0 Å². The number of hydrogen-bond donors (Lipinski definition) is 3. The largest absolute Gasteiger partial charge is 0.508 e. The van der Waals surface area contributed by atoms with Crippen LogP contribution in [0.25, 0.3) is 0 Å². The molecular formula is C16H16N2O2S. The van der Waals surface area contributed by atoms with Crippen molar-refractivity contribution >= 4 is 28.8 Å². The Morgan fingerprint density at radius 1 is 1.24 bits per heavy atom. The Morgan fingerprint density at radius 3 is 2.48 bits per heavy atom. The van der Waals surface area contributed by atoms with Crippen LogP contribution in [0.2, 0.25) is 0 Å². The number of carbonyl (C=O) groups is 1. The quantitative estimate of drug-likeness (QED) is 0.759. The number of carbonyl (C=O) groups excluding carboxylic acids is 1. The number of aromatic hydroxyl groups is 1. The lowest BCUT2D eigenvalue weighted by Crippen LogP contribution is -2.14. The molecule has 0 saturated carbocycles. The first-order chi connectivity index (χ1) is 9.95. The summed E-state index contributed by atoms with van der Waals surface area (Å²) in [7, 11) is 0. The Hall–Kier alpha value is -2.40. The third-order valence-electron chi connectivity index (χ3n) is 3.04. The number of benzene rings is 2. The zero-order chi connectivity index (χ0) is 15.4. The highest BCUT2D eigenvalue weighted by atomic mass is 32.1. The Morgan fingerprint density at radius 2 is 1.90 bits per heavy atom. The van der Waals surface area contributed by atoms with Gasteiger partial charge < -0.3 is 16.2 Å². The number of nitrogens with one attached hydrogen (secondary N) is 1. The lowest BCUT2D eigenvalue weighted by molar-refractivity contribution is 0.102. The molecule has 0 spiro atoms. The van der Waals surface area contributed by atoms with Crippen LogP contribution in [0, 0.1) is 6.92 Å². The molecule has 1 amide bonds. The summed E-state index contributed by atoms with van der Waals surface area (Å²) < 4.78 is 0. The lowest BCUT2D eigenvalue weighted by Gasteiger charge is -2.09. The minimum absolute atomic E-state index is 0.145. The minimum atomic E-state index is -0.213. The maximum absolute atomic E-state index is 12.2. The first kappa shape index (κ1) is 15.0. The molecule has 108 valence electrons. The van der Waals surface area contributed by atoms with Gasteiger partial charge in [-0.15, -0.1) is 0 Å². The number of amides is 1. The van der Waals surface area contributed by atoms with Crippen molar-refractivity contribution in [3.8, 4) is 5.75 Å². The summed E-state index contributed by atoms with van der Waals surface area (Å²) in [5, 5.41) is 12.2. The third kappa shape index (κ3) is 4.03. The Labute approximate surface area is 128 Å². The summed E-state index contributed by atoms with van der Waals surface area (Å²) >= 11 is 4.86. The zero-order valence-corrected chi connectivity index (χ0v) is 12.4. The summed E-state index contributed by atoms with van der Waals surface area (Å²) in [6.07, 6.45) is 0.542. The van der Waals surface area contributed by atoms with Crippen LogP contribution in [-0.4, -0.2) is 16.0 Å². The normalized spacial score (nSPS) is 10.1. The van der Waals surface area contributed by atoms with Crippen LogP contribution in [0.4, 0.5) is 5.69 Å². The summed E-state index contributed by atoms with van der Waals surface area (Å²) in [6, 6.07) is 12.0. The zero-order valence-electron chi connectivity index (χ0n) is 11.6. The molecule has 4 N–H and O–H groups in total. The van der Waals surface area contributed by atoms with E-state index in [4.69, 9.17) is 18.0 Å². The van der Waals surface area contributed by atoms with Gasteiger partial charge in [0.05, 0.1) is 4.99 Å². The molecule has 0 atom stereocenters. The van der Waals surface area contributed by atoms with E-state index in [0.717, 1.165) is 11.1 Å². The van der Waals surface area contributed by atoms with Gasteiger partial charge in [-0.25, -0.2) is 0 Å². The fourth-order valence-corrected chi connectivity index (χ4v) is 2.17. The van der Waals surface area contributed by atoms with E-state index in [1.807, 2.05) is 12.1 Å². The highest BCUT2D eigenvalue weighted by molar-refractivity contribution is 7.80. The first-order valence-corrected chi connectivity index (χ1v) is 6.85. The van der Waals surface area contributed by atoms with Crippen LogP contribution in [0.3, 0.4) is 0 Å². The van der Waals surface area contributed by atoms with Crippen molar-refractivity contribution in [3.63, 3.8) is 0 Å². The van der Waals surface area contributed by atoms with E-state index in [-0.39, 0.29) is 11.7 Å². The van der Waals surface area contributed by atoms with Crippen LogP contribution in [0.1, 0.15) is 21.5 Å². The monoisotopic (exact) mass is 300 g/mol. The van der Waals surface area contributed by atoms with Crippen molar-refractivity contribution < 1.29 is 9.90 Å². The van der Waals surface area contributed by atoms with Crippen molar-refractivity contribution in [2.75, 3.05) is 5.32 Å². The summed E-state index contributed by atoms with van der Waals surface area (Å²) in [4.78, 5) is 12.6. The maximum atomic E-state index is 12.2. The average Bonchev–Trinajstić information content (AvgIpc) is 2.40. The van der Waals surface area contributed by atoms with Crippen molar-refractivity contribution in [3.05, 3.63) is 59.2 Å². The van der Waals surface area contributed by atoms with Gasteiger partial charge >= 0.3 is 0 Å². The molecule has 0 fully saturated rings. The number of rotatable bonds is 4. The molecule has 0 aromatic heterocycles. The molecule has 0 saturated heterocycles. The van der Waals surface area contributed by atoms with E-state index in [2.05, 4.69) is 5.32 Å². The van der Waals surface area contributed by atoms with Crippen LogP contribution < -0.4 is 11.1 Å². The van der Waals surface area contributed by atoms with E-state index in [9.17, 15) is 9.90 Å². The molecule has 0 aliphatic carbocycles. The lowest BCUT2D eigenvalue weighted by atomic mass is 10.1. The molecule has 0 heterocycles. The van der Waals surface area contributed by atoms with Crippen molar-refractivity contribution in [1.29, 1.82) is 0 Å². The number of phenolic OH excluding ortho intramolecular Hbond substituents is 1. The molecule has 2 aromatic carbocycles. The molecular weight excluding hydrogens is 284 g/mol. The second-order valence-electron chi connectivity index (χ2n) is 4.79. The van der Waals surface area contributed by atoms with Gasteiger partial charge in [0.1, 0.15) is 5.75 Å². The van der Waals surface area contributed by atoms with E-state index >= 15 is 0 Å². The second kappa shape index (κ2) is 6.37. The molecule has 21 heavy (non-hydrogen) atoms. The standard InChI is InChI=1S/C16H16N2O2S/c1-10-8-13(19)6-7-14(10)16(20)18-12-4-2-11(3-5-12)9-15(17)21/h2-8,19H,9H2,1H3,(H2,17,21)(H,18,20). The Kier molecular flexibility index (Phi) is 4.55. The number of phenols is 1. The van der Waals surface area contributed by atoms with E-state index in [1.165, 1.54) is 6.07 Å². The highest BCUT2D eigenvalue weighted by Crippen LogP contribution is 2.18. The molecule has 5 heteroatoms. The molecule has 2 rings (SSSR count). The smallest absolute Gasteiger partial charge is 0.255 e. The summed E-state index contributed by atoms with van der Waals surface area (Å²) in [6.45, 7) is 1.78. The predicted octanol–water partition coefficient (Wildman–Crippen LogP) is 2.78. The van der Waals surface area contributed by atoms with Gasteiger partial charge in [0.25, 0.3) is 5.91 Å².